The van der Waals surface area contributed by atoms with Crippen LogP contribution < -0.4 is 10.1 Å². The van der Waals surface area contributed by atoms with Gasteiger partial charge in [-0.15, -0.1) is 0 Å². The predicted octanol–water partition coefficient (Wildman–Crippen LogP) is 5.68. The first-order valence-electron chi connectivity index (χ1n) is 8.92. The molecule has 0 bridgehead atoms. The molecule has 0 fully saturated rings. The van der Waals surface area contributed by atoms with Crippen LogP contribution in [0, 0.1) is 0 Å². The lowest BCUT2D eigenvalue weighted by Crippen LogP contribution is -2.28. The molecule has 1 amide bonds. The smallest absolute Gasteiger partial charge is 0.352 e. The molecule has 0 aliphatic carbocycles. The van der Waals surface area contributed by atoms with Crippen molar-refractivity contribution in [1.29, 1.82) is 0 Å². The number of rotatable bonds is 7. The summed E-state index contributed by atoms with van der Waals surface area (Å²) < 4.78 is 6.62. The highest BCUT2D eigenvalue weighted by Gasteiger charge is 2.13. The van der Waals surface area contributed by atoms with Gasteiger partial charge in [0, 0.05) is 5.02 Å². The van der Waals surface area contributed by atoms with Gasteiger partial charge in [0.1, 0.15) is 17.2 Å². The van der Waals surface area contributed by atoms with Crippen molar-refractivity contribution < 1.29 is 19.4 Å². The number of carboxylic acids is 1. The molecule has 0 radical (unpaired) electrons. The first-order valence-corrected chi connectivity index (χ1v) is 10.1. The Morgan fingerprint density at radius 1 is 1.03 bits per heavy atom. The van der Waals surface area contributed by atoms with Crippen LogP contribution in [0.2, 0.25) is 5.02 Å². The molecular weight excluding hydrogens is 470 g/mol. The SMILES string of the molecule is O=C(Cc1cccc(Cl)c1)N/C(=C\c1ccc(Oc2ccccc2Br)cc1)C(=O)O. The number of carbonyl (C=O) groups excluding carboxylic acids is 1. The highest BCUT2D eigenvalue weighted by molar-refractivity contribution is 9.10. The maximum Gasteiger partial charge on any atom is 0.352 e. The first kappa shape index (κ1) is 21.6. The molecule has 0 saturated heterocycles. The van der Waals surface area contributed by atoms with Gasteiger partial charge in [-0.25, -0.2) is 4.79 Å². The van der Waals surface area contributed by atoms with Crippen molar-refractivity contribution in [3.63, 3.8) is 0 Å². The number of carbonyl (C=O) groups is 2. The van der Waals surface area contributed by atoms with Gasteiger partial charge in [-0.05, 0) is 69.5 Å². The summed E-state index contributed by atoms with van der Waals surface area (Å²) in [5.74, 6) is -0.413. The summed E-state index contributed by atoms with van der Waals surface area (Å²) in [4.78, 5) is 23.8. The molecule has 0 heterocycles. The topological polar surface area (TPSA) is 75.6 Å². The second-order valence-electron chi connectivity index (χ2n) is 6.32. The van der Waals surface area contributed by atoms with Crippen molar-refractivity contribution in [2.45, 2.75) is 6.42 Å². The lowest BCUT2D eigenvalue weighted by molar-refractivity contribution is -0.134. The maximum absolute atomic E-state index is 12.2. The zero-order chi connectivity index (χ0) is 21.5. The molecule has 3 rings (SSSR count). The van der Waals surface area contributed by atoms with Crippen molar-refractivity contribution in [3.05, 3.63) is 99.1 Å². The van der Waals surface area contributed by atoms with E-state index < -0.39 is 11.9 Å². The summed E-state index contributed by atoms with van der Waals surface area (Å²) in [6.45, 7) is 0. The van der Waals surface area contributed by atoms with Gasteiger partial charge in [0.05, 0.1) is 10.9 Å². The third kappa shape index (κ3) is 6.20. The molecule has 0 unspecified atom stereocenters. The van der Waals surface area contributed by atoms with Gasteiger partial charge in [-0.3, -0.25) is 4.79 Å². The number of para-hydroxylation sites is 1. The second-order valence-corrected chi connectivity index (χ2v) is 7.61. The third-order valence-electron chi connectivity index (χ3n) is 4.01. The lowest BCUT2D eigenvalue weighted by atomic mass is 10.1. The van der Waals surface area contributed by atoms with E-state index >= 15 is 0 Å². The van der Waals surface area contributed by atoms with Gasteiger partial charge in [-0.1, -0.05) is 48.0 Å². The highest BCUT2D eigenvalue weighted by atomic mass is 79.9. The van der Waals surface area contributed by atoms with E-state index in [0.29, 0.717) is 27.6 Å². The normalized spacial score (nSPS) is 11.1. The summed E-state index contributed by atoms with van der Waals surface area (Å²) in [5.41, 5.74) is 1.08. The number of carboxylic acid groups (broad SMARTS) is 1. The van der Waals surface area contributed by atoms with Crippen molar-refractivity contribution in [1.82, 2.24) is 5.32 Å². The molecule has 0 aromatic heterocycles. The molecule has 0 aliphatic rings. The Labute approximate surface area is 187 Å². The van der Waals surface area contributed by atoms with E-state index in [0.717, 1.165) is 4.47 Å². The maximum atomic E-state index is 12.2. The number of nitrogens with one attached hydrogen (secondary N) is 1. The number of ether oxygens (including phenoxy) is 1. The first-order chi connectivity index (χ1) is 14.4. The highest BCUT2D eigenvalue weighted by Crippen LogP contribution is 2.29. The number of aliphatic carboxylic acids is 1. The van der Waals surface area contributed by atoms with Crippen molar-refractivity contribution in [2.24, 2.45) is 0 Å². The van der Waals surface area contributed by atoms with E-state index in [-0.39, 0.29) is 12.1 Å². The molecule has 3 aromatic carbocycles. The van der Waals surface area contributed by atoms with Gasteiger partial charge in [0.2, 0.25) is 5.91 Å². The van der Waals surface area contributed by atoms with E-state index in [1.54, 1.807) is 48.5 Å². The summed E-state index contributed by atoms with van der Waals surface area (Å²) >= 11 is 9.33. The van der Waals surface area contributed by atoms with Gasteiger partial charge in [0.25, 0.3) is 0 Å². The van der Waals surface area contributed by atoms with Crippen LogP contribution >= 0.6 is 27.5 Å². The molecule has 0 aliphatic heterocycles. The molecule has 2 N–H and O–H groups in total. The lowest BCUT2D eigenvalue weighted by Gasteiger charge is -2.09. The molecule has 0 saturated carbocycles. The van der Waals surface area contributed by atoms with Gasteiger partial charge < -0.3 is 15.2 Å². The van der Waals surface area contributed by atoms with Crippen molar-refractivity contribution >= 4 is 45.5 Å². The van der Waals surface area contributed by atoms with Crippen LogP contribution in [0.15, 0.2) is 83.0 Å². The van der Waals surface area contributed by atoms with Crippen LogP contribution in [0.3, 0.4) is 0 Å². The van der Waals surface area contributed by atoms with E-state index in [1.165, 1.54) is 6.08 Å². The van der Waals surface area contributed by atoms with Crippen LogP contribution in [0.1, 0.15) is 11.1 Å². The van der Waals surface area contributed by atoms with Crippen LogP contribution in [-0.2, 0) is 16.0 Å². The average molecular weight is 487 g/mol. The summed E-state index contributed by atoms with van der Waals surface area (Å²) in [5, 5.41) is 12.4. The summed E-state index contributed by atoms with van der Waals surface area (Å²) in [7, 11) is 0. The molecule has 3 aromatic rings. The monoisotopic (exact) mass is 485 g/mol. The molecule has 30 heavy (non-hydrogen) atoms. The fourth-order valence-corrected chi connectivity index (χ4v) is 3.21. The zero-order valence-corrected chi connectivity index (χ0v) is 18.0. The predicted molar refractivity (Wildman–Crippen MR) is 120 cm³/mol. The molecule has 0 spiro atoms. The minimum atomic E-state index is -1.23. The van der Waals surface area contributed by atoms with E-state index in [2.05, 4.69) is 21.2 Å². The summed E-state index contributed by atoms with van der Waals surface area (Å²) in [6, 6.07) is 21.2. The van der Waals surface area contributed by atoms with E-state index in [9.17, 15) is 14.7 Å². The molecule has 0 atom stereocenters. The van der Waals surface area contributed by atoms with Crippen LogP contribution in [0.4, 0.5) is 0 Å². The van der Waals surface area contributed by atoms with Gasteiger partial charge >= 0.3 is 5.97 Å². The largest absolute Gasteiger partial charge is 0.477 e. The fraction of sp³-hybridized carbons (Fsp3) is 0.0435. The summed E-state index contributed by atoms with van der Waals surface area (Å²) in [6.07, 6.45) is 1.41. The standard InChI is InChI=1S/C23H17BrClNO4/c24-19-6-1-2-7-21(19)30-18-10-8-15(9-11-18)13-20(23(28)29)26-22(27)14-16-4-3-5-17(25)12-16/h1-13H,14H2,(H,26,27)(H,28,29)/b20-13-. The molecular formula is C23H17BrClNO4. The molecule has 7 heteroatoms. The number of hydrogen-bond donors (Lipinski definition) is 2. The average Bonchev–Trinajstić information content (AvgIpc) is 2.70. The van der Waals surface area contributed by atoms with E-state index in [4.69, 9.17) is 16.3 Å². The molecule has 152 valence electrons. The fourth-order valence-electron chi connectivity index (χ4n) is 2.63. The number of amides is 1. The zero-order valence-electron chi connectivity index (χ0n) is 15.6. The Morgan fingerprint density at radius 3 is 2.43 bits per heavy atom. The minimum Gasteiger partial charge on any atom is -0.477 e. The second kappa shape index (κ2) is 10.1. The quantitative estimate of drug-likeness (QED) is 0.421. The number of hydrogen-bond acceptors (Lipinski definition) is 3. The molecule has 5 nitrogen and oxygen atoms in total. The Morgan fingerprint density at radius 2 is 1.77 bits per heavy atom. The van der Waals surface area contributed by atoms with Crippen LogP contribution in [-0.4, -0.2) is 17.0 Å². The number of halogens is 2. The third-order valence-corrected chi connectivity index (χ3v) is 4.90. The Hall–Kier alpha value is -3.09. The van der Waals surface area contributed by atoms with Gasteiger partial charge in [0.15, 0.2) is 0 Å². The van der Waals surface area contributed by atoms with Crippen molar-refractivity contribution in [3.8, 4) is 11.5 Å². The number of benzene rings is 3. The Balaban J connectivity index is 1.69. The van der Waals surface area contributed by atoms with E-state index in [1.807, 2.05) is 24.3 Å². The van der Waals surface area contributed by atoms with Gasteiger partial charge in [-0.2, -0.15) is 0 Å². The Kier molecular flexibility index (Phi) is 7.27. The minimum absolute atomic E-state index is 0.0178. The Bertz CT molecular complexity index is 1100. The van der Waals surface area contributed by atoms with Crippen LogP contribution in [0.5, 0.6) is 11.5 Å². The van der Waals surface area contributed by atoms with Crippen molar-refractivity contribution in [2.75, 3.05) is 0 Å². The van der Waals surface area contributed by atoms with Crippen LogP contribution in [0.25, 0.3) is 6.08 Å².